The van der Waals surface area contributed by atoms with Gasteiger partial charge in [-0.25, -0.2) is 4.79 Å². The van der Waals surface area contributed by atoms with Gasteiger partial charge in [0.25, 0.3) is 0 Å². The number of methoxy groups -OCH3 is 2. The van der Waals surface area contributed by atoms with Crippen LogP contribution in [0.4, 0.5) is 0 Å². The van der Waals surface area contributed by atoms with Crippen LogP contribution >= 0.6 is 31.9 Å². The molecule has 20 heavy (non-hydrogen) atoms. The number of hydrogen-bond donors (Lipinski definition) is 1. The van der Waals surface area contributed by atoms with E-state index in [9.17, 15) is 9.90 Å². The van der Waals surface area contributed by atoms with Crippen molar-refractivity contribution in [3.05, 3.63) is 20.8 Å². The molecule has 1 spiro atoms. The van der Waals surface area contributed by atoms with E-state index in [0.717, 1.165) is 0 Å². The quantitative estimate of drug-likeness (QED) is 0.704. The van der Waals surface area contributed by atoms with Crippen molar-refractivity contribution in [3.8, 4) is 0 Å². The monoisotopic (exact) mass is 409 g/mol. The van der Waals surface area contributed by atoms with Gasteiger partial charge >= 0.3 is 5.97 Å². The predicted octanol–water partition coefficient (Wildman–Crippen LogP) is 1.97. The molecule has 2 aliphatic rings. The number of carbonyl (C=O) groups excluding carboxylic acids is 1. The summed E-state index contributed by atoms with van der Waals surface area (Å²) in [5.41, 5.74) is -0.829. The maximum atomic E-state index is 11.4. The van der Waals surface area contributed by atoms with Crippen LogP contribution in [0, 0.1) is 0 Å². The molecule has 1 N–H and O–H groups in total. The summed E-state index contributed by atoms with van der Waals surface area (Å²) >= 11 is 6.67. The van der Waals surface area contributed by atoms with Crippen molar-refractivity contribution in [2.75, 3.05) is 14.2 Å². The number of esters is 1. The third-order valence-corrected chi connectivity index (χ3v) is 4.59. The zero-order valence-corrected chi connectivity index (χ0v) is 14.0. The molecule has 0 fully saturated rings. The first kappa shape index (κ1) is 15.5. The highest BCUT2D eigenvalue weighted by Gasteiger charge is 2.47. The summed E-state index contributed by atoms with van der Waals surface area (Å²) in [5.74, 6) is -0.0325. The van der Waals surface area contributed by atoms with Crippen LogP contribution in [-0.4, -0.2) is 42.7 Å². The van der Waals surface area contributed by atoms with E-state index in [4.69, 9.17) is 9.57 Å². The minimum absolute atomic E-state index is 0.201. The first-order valence-corrected chi connectivity index (χ1v) is 7.37. The van der Waals surface area contributed by atoms with Gasteiger partial charge < -0.3 is 19.4 Å². The van der Waals surface area contributed by atoms with Gasteiger partial charge in [-0.3, -0.25) is 0 Å². The van der Waals surface area contributed by atoms with E-state index in [-0.39, 0.29) is 5.71 Å². The molecule has 0 bridgehead atoms. The summed E-state index contributed by atoms with van der Waals surface area (Å²) in [4.78, 5) is 16.8. The fourth-order valence-electron chi connectivity index (χ4n) is 2.09. The fraction of sp³-hybridized carbons (Fsp3) is 0.500. The Balaban J connectivity index is 2.30. The Hall–Kier alpha value is -0.860. The molecular weight excluding hydrogens is 398 g/mol. The number of oxime groups is 1. The van der Waals surface area contributed by atoms with Gasteiger partial charge in [0.05, 0.1) is 23.2 Å². The van der Waals surface area contributed by atoms with Crippen molar-refractivity contribution in [3.63, 3.8) is 0 Å². The van der Waals surface area contributed by atoms with Crippen LogP contribution in [0.25, 0.3) is 0 Å². The number of carbonyl (C=O) groups is 1. The highest BCUT2D eigenvalue weighted by atomic mass is 79.9. The smallest absolute Gasteiger partial charge is 0.355 e. The average molecular weight is 411 g/mol. The summed E-state index contributed by atoms with van der Waals surface area (Å²) in [7, 11) is 2.79. The van der Waals surface area contributed by atoms with Gasteiger partial charge in [0.15, 0.2) is 11.3 Å². The SMILES string of the molecule is COC(=O)C1=NO[C@@]2(C=C(Br)C(OC)=C(Br)[C@H]2O)CC1. The van der Waals surface area contributed by atoms with Crippen molar-refractivity contribution in [1.29, 1.82) is 0 Å². The number of aliphatic hydroxyl groups excluding tert-OH is 1. The molecule has 0 radical (unpaired) electrons. The predicted molar refractivity (Wildman–Crippen MR) is 78.5 cm³/mol. The summed E-state index contributed by atoms with van der Waals surface area (Å²) in [6.07, 6.45) is 1.47. The lowest BCUT2D eigenvalue weighted by molar-refractivity contribution is -0.134. The molecule has 0 saturated heterocycles. The Kier molecular flexibility index (Phi) is 4.55. The molecule has 0 aromatic carbocycles. The first-order chi connectivity index (χ1) is 9.45. The van der Waals surface area contributed by atoms with Crippen LogP contribution in [0.3, 0.4) is 0 Å². The number of aliphatic hydroxyl groups is 1. The van der Waals surface area contributed by atoms with Gasteiger partial charge in [-0.05, 0) is 37.9 Å². The van der Waals surface area contributed by atoms with Gasteiger partial charge in [-0.1, -0.05) is 5.16 Å². The van der Waals surface area contributed by atoms with E-state index in [2.05, 4.69) is 41.8 Å². The second-order valence-electron chi connectivity index (χ2n) is 4.35. The van der Waals surface area contributed by atoms with Crippen molar-refractivity contribution in [1.82, 2.24) is 0 Å². The second-order valence-corrected chi connectivity index (χ2v) is 6.06. The highest BCUT2D eigenvalue weighted by molar-refractivity contribution is 9.12. The lowest BCUT2D eigenvalue weighted by Gasteiger charge is -2.38. The van der Waals surface area contributed by atoms with Gasteiger partial charge in [0, 0.05) is 12.8 Å². The molecule has 8 heteroatoms. The summed E-state index contributed by atoms with van der Waals surface area (Å²) < 4.78 is 10.9. The molecule has 1 aliphatic carbocycles. The standard InChI is InChI=1S/C12H13Br2NO5/c1-18-9-6(13)5-12(10(16)8(9)14)4-3-7(15-20-12)11(17)19-2/h5,10,16H,3-4H2,1-2H3/t10-,12-/m1/s1. The molecule has 110 valence electrons. The minimum Gasteiger partial charge on any atom is -0.495 e. The largest absolute Gasteiger partial charge is 0.495 e. The van der Waals surface area contributed by atoms with Crippen molar-refractivity contribution in [2.45, 2.75) is 24.5 Å². The third kappa shape index (κ3) is 2.51. The first-order valence-electron chi connectivity index (χ1n) is 5.79. The fourth-order valence-corrected chi connectivity index (χ4v) is 3.89. The van der Waals surface area contributed by atoms with Crippen LogP contribution in [-0.2, 0) is 19.1 Å². The van der Waals surface area contributed by atoms with Crippen molar-refractivity contribution in [2.24, 2.45) is 5.16 Å². The molecule has 2 atom stereocenters. The van der Waals surface area contributed by atoms with Crippen molar-refractivity contribution >= 4 is 43.5 Å². The molecule has 0 saturated carbocycles. The third-order valence-electron chi connectivity index (χ3n) is 3.21. The number of halogens is 2. The topological polar surface area (TPSA) is 77.4 Å². The van der Waals surface area contributed by atoms with Crippen LogP contribution in [0.2, 0.25) is 0 Å². The van der Waals surface area contributed by atoms with E-state index >= 15 is 0 Å². The molecule has 0 amide bonds. The van der Waals surface area contributed by atoms with E-state index < -0.39 is 17.7 Å². The summed E-state index contributed by atoms with van der Waals surface area (Å²) in [6.45, 7) is 0. The number of hydrogen-bond acceptors (Lipinski definition) is 6. The van der Waals surface area contributed by atoms with E-state index in [1.54, 1.807) is 6.08 Å². The molecule has 1 heterocycles. The lowest BCUT2D eigenvalue weighted by Crippen LogP contribution is -2.47. The number of allylic oxidation sites excluding steroid dienone is 1. The molecule has 1 aliphatic heterocycles. The highest BCUT2D eigenvalue weighted by Crippen LogP contribution is 2.43. The normalized spacial score (nSPS) is 29.6. The Bertz CT molecular complexity index is 528. The molecule has 0 aromatic heterocycles. The number of nitrogens with zero attached hydrogens (tertiary/aromatic N) is 1. The second kappa shape index (κ2) is 5.87. The Morgan fingerprint density at radius 1 is 1.55 bits per heavy atom. The maximum absolute atomic E-state index is 11.4. The molecule has 0 unspecified atom stereocenters. The average Bonchev–Trinajstić information content (AvgIpc) is 2.45. The molecule has 6 nitrogen and oxygen atoms in total. The number of ether oxygens (including phenoxy) is 2. The Morgan fingerprint density at radius 3 is 2.75 bits per heavy atom. The molecule has 0 aromatic rings. The van der Waals surface area contributed by atoms with E-state index in [1.807, 2.05) is 0 Å². The zero-order chi connectivity index (χ0) is 14.9. The summed E-state index contributed by atoms with van der Waals surface area (Å²) in [5, 5.41) is 14.2. The lowest BCUT2D eigenvalue weighted by atomic mass is 9.85. The number of rotatable bonds is 2. The zero-order valence-electron chi connectivity index (χ0n) is 10.9. The maximum Gasteiger partial charge on any atom is 0.355 e. The van der Waals surface area contributed by atoms with Gasteiger partial charge in [0.2, 0.25) is 0 Å². The van der Waals surface area contributed by atoms with Gasteiger partial charge in [-0.15, -0.1) is 0 Å². The Labute approximate surface area is 132 Å². The Morgan fingerprint density at radius 2 is 2.25 bits per heavy atom. The molecular formula is C12H13Br2NO5. The van der Waals surface area contributed by atoms with Gasteiger partial charge in [-0.2, -0.15) is 0 Å². The van der Waals surface area contributed by atoms with Crippen LogP contribution in [0.15, 0.2) is 26.0 Å². The van der Waals surface area contributed by atoms with E-state index in [0.29, 0.717) is 27.6 Å². The van der Waals surface area contributed by atoms with Gasteiger partial charge in [0.1, 0.15) is 11.9 Å². The van der Waals surface area contributed by atoms with Crippen molar-refractivity contribution < 1.29 is 24.2 Å². The minimum atomic E-state index is -1.03. The molecule has 2 rings (SSSR count). The van der Waals surface area contributed by atoms with Crippen LogP contribution < -0.4 is 0 Å². The van der Waals surface area contributed by atoms with Crippen LogP contribution in [0.1, 0.15) is 12.8 Å². The summed E-state index contributed by atoms with van der Waals surface area (Å²) in [6, 6.07) is 0. The van der Waals surface area contributed by atoms with E-state index in [1.165, 1.54) is 14.2 Å². The van der Waals surface area contributed by atoms with Crippen LogP contribution in [0.5, 0.6) is 0 Å².